The maximum absolute atomic E-state index is 12.3. The summed E-state index contributed by atoms with van der Waals surface area (Å²) < 4.78 is 1.83. The Morgan fingerprint density at radius 3 is 2.72 bits per heavy atom. The molecule has 6 nitrogen and oxygen atoms in total. The van der Waals surface area contributed by atoms with Crippen molar-refractivity contribution in [3.8, 4) is 0 Å². The molecule has 1 N–H and O–H groups in total. The number of hydrogen-bond acceptors (Lipinski definition) is 4. The first-order chi connectivity index (χ1) is 14.0. The summed E-state index contributed by atoms with van der Waals surface area (Å²) in [6, 6.07) is 11.5. The third-order valence-corrected chi connectivity index (χ3v) is 5.39. The quantitative estimate of drug-likeness (QED) is 0.527. The number of carbonyl (C=O) groups is 1. The molecule has 29 heavy (non-hydrogen) atoms. The Morgan fingerprint density at radius 2 is 1.93 bits per heavy atom. The Hall–Kier alpha value is -2.99. The van der Waals surface area contributed by atoms with E-state index in [2.05, 4.69) is 15.4 Å². The molecule has 0 bridgehead atoms. The highest BCUT2D eigenvalue weighted by Crippen LogP contribution is 2.21. The Labute approximate surface area is 173 Å². The third-order valence-electron chi connectivity index (χ3n) is 5.14. The number of halogens is 1. The molecule has 0 aliphatic heterocycles. The highest BCUT2D eigenvalue weighted by molar-refractivity contribution is 6.30. The summed E-state index contributed by atoms with van der Waals surface area (Å²) in [7, 11) is 0. The summed E-state index contributed by atoms with van der Waals surface area (Å²) in [5, 5.41) is 9.21. The van der Waals surface area contributed by atoms with E-state index in [1.54, 1.807) is 6.20 Å². The van der Waals surface area contributed by atoms with Crippen LogP contribution in [0, 0.1) is 13.8 Å². The lowest BCUT2D eigenvalue weighted by atomic mass is 10.1. The summed E-state index contributed by atoms with van der Waals surface area (Å²) >= 11 is 5.90. The van der Waals surface area contributed by atoms with Crippen molar-refractivity contribution in [1.29, 1.82) is 0 Å². The van der Waals surface area contributed by atoms with Crippen LogP contribution in [0.1, 0.15) is 28.9 Å². The minimum atomic E-state index is 0.0325. The average molecular weight is 408 g/mol. The van der Waals surface area contributed by atoms with E-state index in [1.165, 1.54) is 0 Å². The molecule has 0 unspecified atom stereocenters. The van der Waals surface area contributed by atoms with Gasteiger partial charge in [0.1, 0.15) is 0 Å². The smallest absolute Gasteiger partial charge is 0.220 e. The molecule has 1 aromatic carbocycles. The fraction of sp³-hybridized carbons (Fsp3) is 0.273. The Kier molecular flexibility index (Phi) is 5.45. The van der Waals surface area contributed by atoms with E-state index < -0.39 is 0 Å². The predicted octanol–water partition coefficient (Wildman–Crippen LogP) is 3.84. The molecular weight excluding hydrogens is 386 g/mol. The maximum Gasteiger partial charge on any atom is 0.220 e. The fourth-order valence-electron chi connectivity index (χ4n) is 3.55. The Balaban J connectivity index is 1.41. The normalized spacial score (nSPS) is 11.3. The van der Waals surface area contributed by atoms with E-state index in [4.69, 9.17) is 16.6 Å². The number of rotatable bonds is 6. The number of fused-ring (bicyclic) bond motifs is 3. The van der Waals surface area contributed by atoms with Crippen molar-refractivity contribution in [2.24, 2.45) is 0 Å². The van der Waals surface area contributed by atoms with E-state index >= 15 is 0 Å². The summed E-state index contributed by atoms with van der Waals surface area (Å²) in [5.74, 6) is 0.0325. The number of carbonyl (C=O) groups excluding carboxylic acids is 1. The Morgan fingerprint density at radius 1 is 1.14 bits per heavy atom. The van der Waals surface area contributed by atoms with Crippen molar-refractivity contribution >= 4 is 34.2 Å². The highest BCUT2D eigenvalue weighted by atomic mass is 35.5. The molecule has 0 spiro atoms. The van der Waals surface area contributed by atoms with Crippen LogP contribution in [0.15, 0.2) is 42.6 Å². The van der Waals surface area contributed by atoms with Crippen molar-refractivity contribution in [1.82, 2.24) is 24.9 Å². The van der Waals surface area contributed by atoms with Crippen LogP contribution in [0.5, 0.6) is 0 Å². The van der Waals surface area contributed by atoms with Crippen LogP contribution in [0.4, 0.5) is 0 Å². The first-order valence-corrected chi connectivity index (χ1v) is 10.0. The first kappa shape index (κ1) is 19.3. The molecule has 0 radical (unpaired) electrons. The van der Waals surface area contributed by atoms with Crippen LogP contribution in [-0.2, 0) is 17.6 Å². The average Bonchev–Trinajstić information content (AvgIpc) is 3.08. The van der Waals surface area contributed by atoms with Crippen LogP contribution in [0.2, 0.25) is 5.02 Å². The van der Waals surface area contributed by atoms with Crippen molar-refractivity contribution in [2.45, 2.75) is 33.1 Å². The van der Waals surface area contributed by atoms with Gasteiger partial charge in [-0.3, -0.25) is 4.79 Å². The van der Waals surface area contributed by atoms with Gasteiger partial charge in [-0.1, -0.05) is 23.7 Å². The minimum Gasteiger partial charge on any atom is -0.356 e. The molecule has 0 atom stereocenters. The second kappa shape index (κ2) is 8.17. The lowest BCUT2D eigenvalue weighted by molar-refractivity contribution is -0.121. The van der Waals surface area contributed by atoms with Gasteiger partial charge < -0.3 is 5.32 Å². The summed E-state index contributed by atoms with van der Waals surface area (Å²) in [5.41, 5.74) is 5.61. The number of hydrogen-bond donors (Lipinski definition) is 1. The van der Waals surface area contributed by atoms with Crippen molar-refractivity contribution in [3.05, 3.63) is 70.1 Å². The van der Waals surface area contributed by atoms with E-state index in [0.29, 0.717) is 25.0 Å². The molecular formula is C22H22ClN5O. The largest absolute Gasteiger partial charge is 0.356 e. The van der Waals surface area contributed by atoms with Gasteiger partial charge in [0.2, 0.25) is 5.91 Å². The molecule has 3 aromatic heterocycles. The molecule has 0 aliphatic carbocycles. The lowest BCUT2D eigenvalue weighted by Gasteiger charge is -2.11. The van der Waals surface area contributed by atoms with E-state index in [9.17, 15) is 4.79 Å². The second-order valence-electron chi connectivity index (χ2n) is 7.10. The molecule has 0 aliphatic rings. The van der Waals surface area contributed by atoms with Gasteiger partial charge in [0.15, 0.2) is 11.3 Å². The standard InChI is InChI=1S/C22H22ClN5O/c1-14-18(9-10-20(29)24-13-11-16-5-7-17(23)8-6-16)15(2)28-22(26-14)19-4-3-12-25-21(19)27-28/h3-8,12H,9-11,13H2,1-2H3,(H,24,29). The predicted molar refractivity (Wildman–Crippen MR) is 114 cm³/mol. The number of pyridine rings is 1. The number of aromatic nitrogens is 4. The van der Waals surface area contributed by atoms with Crippen molar-refractivity contribution in [3.63, 3.8) is 0 Å². The minimum absolute atomic E-state index is 0.0325. The molecule has 0 saturated heterocycles. The molecule has 0 saturated carbocycles. The van der Waals surface area contributed by atoms with Crippen LogP contribution in [-0.4, -0.2) is 32.0 Å². The second-order valence-corrected chi connectivity index (χ2v) is 7.53. The summed E-state index contributed by atoms with van der Waals surface area (Å²) in [6.45, 7) is 4.60. The fourth-order valence-corrected chi connectivity index (χ4v) is 3.68. The molecule has 3 heterocycles. The van der Waals surface area contributed by atoms with Crippen molar-refractivity contribution < 1.29 is 4.79 Å². The molecule has 1 amide bonds. The maximum atomic E-state index is 12.3. The van der Waals surface area contributed by atoms with Gasteiger partial charge in [0.05, 0.1) is 5.39 Å². The number of benzene rings is 1. The van der Waals surface area contributed by atoms with Crippen LogP contribution in [0.3, 0.4) is 0 Å². The topological polar surface area (TPSA) is 72.2 Å². The van der Waals surface area contributed by atoms with Gasteiger partial charge >= 0.3 is 0 Å². The lowest BCUT2D eigenvalue weighted by Crippen LogP contribution is -2.26. The first-order valence-electron chi connectivity index (χ1n) is 9.63. The number of nitrogens with zero attached hydrogens (tertiary/aromatic N) is 4. The van der Waals surface area contributed by atoms with Crippen LogP contribution >= 0.6 is 11.6 Å². The van der Waals surface area contributed by atoms with Gasteiger partial charge in [0.25, 0.3) is 0 Å². The van der Waals surface area contributed by atoms with Gasteiger partial charge in [0, 0.05) is 35.6 Å². The molecule has 4 rings (SSSR count). The van der Waals surface area contributed by atoms with Gasteiger partial charge in [-0.15, -0.1) is 5.10 Å². The highest BCUT2D eigenvalue weighted by Gasteiger charge is 2.15. The molecule has 7 heteroatoms. The van der Waals surface area contributed by atoms with Gasteiger partial charge in [-0.2, -0.15) is 0 Å². The number of aryl methyl sites for hydroxylation is 2. The molecule has 4 aromatic rings. The molecule has 148 valence electrons. The van der Waals surface area contributed by atoms with E-state index in [0.717, 1.165) is 45.0 Å². The summed E-state index contributed by atoms with van der Waals surface area (Å²) in [4.78, 5) is 21.3. The van der Waals surface area contributed by atoms with Gasteiger partial charge in [-0.05, 0) is 62.1 Å². The van der Waals surface area contributed by atoms with Crippen molar-refractivity contribution in [2.75, 3.05) is 6.54 Å². The molecule has 0 fully saturated rings. The SMILES string of the molecule is Cc1nc2c3cccnc3nn2c(C)c1CCC(=O)NCCc1ccc(Cl)cc1. The monoisotopic (exact) mass is 407 g/mol. The zero-order valence-electron chi connectivity index (χ0n) is 16.4. The zero-order chi connectivity index (χ0) is 20.4. The van der Waals surface area contributed by atoms with E-state index in [1.807, 2.05) is 54.8 Å². The number of nitrogens with one attached hydrogen (secondary N) is 1. The zero-order valence-corrected chi connectivity index (χ0v) is 17.2. The van der Waals surface area contributed by atoms with Crippen LogP contribution < -0.4 is 5.32 Å². The number of amides is 1. The summed E-state index contributed by atoms with van der Waals surface area (Å²) in [6.07, 6.45) is 3.54. The third kappa shape index (κ3) is 4.07. The van der Waals surface area contributed by atoms with Crippen LogP contribution in [0.25, 0.3) is 16.7 Å². The Bertz CT molecular complexity index is 1180. The van der Waals surface area contributed by atoms with Gasteiger partial charge in [-0.25, -0.2) is 14.5 Å². The van der Waals surface area contributed by atoms with E-state index in [-0.39, 0.29) is 5.91 Å².